The van der Waals surface area contributed by atoms with Crippen molar-refractivity contribution >= 4 is 34.6 Å². The van der Waals surface area contributed by atoms with Gasteiger partial charge in [-0.1, -0.05) is 161 Å². The Morgan fingerprint density at radius 3 is 1.57 bits per heavy atom. The predicted octanol–water partition coefficient (Wildman–Crippen LogP) is 11.0. The van der Waals surface area contributed by atoms with Gasteiger partial charge in [0.15, 0.2) is 0 Å². The maximum Gasteiger partial charge on any atom is 0 e. The first-order chi connectivity index (χ1) is 22.7. The molecule has 0 saturated heterocycles. The van der Waals surface area contributed by atoms with Crippen LogP contribution in [0.3, 0.4) is 0 Å². The summed E-state index contributed by atoms with van der Waals surface area (Å²) in [6.45, 7) is 4.40. The van der Waals surface area contributed by atoms with Crippen LogP contribution in [0.5, 0.6) is 0 Å². The Morgan fingerprint density at radius 1 is 0.617 bits per heavy atom. The number of hydrogen-bond acceptors (Lipinski definition) is 0. The Hall–Kier alpha value is -3.51. The minimum atomic E-state index is -0.493. The fraction of sp³-hybridized carbons (Fsp3) is 0.178. The van der Waals surface area contributed by atoms with Gasteiger partial charge in [-0.05, 0) is 42.5 Å². The molecule has 6 aromatic rings. The van der Waals surface area contributed by atoms with Crippen LogP contribution in [0.2, 0.25) is 0 Å². The van der Waals surface area contributed by atoms with Crippen LogP contribution >= 0.6 is 7.92 Å². The number of benzene rings is 5. The molecule has 0 bridgehead atoms. The van der Waals surface area contributed by atoms with Crippen LogP contribution in [-0.2, 0) is 38.7 Å². The molecule has 0 nitrogen and oxygen atoms in total. The summed E-state index contributed by atoms with van der Waals surface area (Å²) in [7, 11) is -0.493. The zero-order chi connectivity index (χ0) is 31.8. The monoisotopic (exact) mass is 796 g/mol. The molecule has 1 aliphatic carbocycles. The molecular weight excluding hydrogens is 750 g/mol. The van der Waals surface area contributed by atoms with Crippen LogP contribution in [0.1, 0.15) is 50.7 Å². The molecule has 0 fully saturated rings. The van der Waals surface area contributed by atoms with Crippen molar-refractivity contribution in [2.45, 2.75) is 52.4 Å². The van der Waals surface area contributed by atoms with Crippen LogP contribution in [0.4, 0.5) is 0 Å². The van der Waals surface area contributed by atoms with Crippen LogP contribution in [0, 0.1) is 6.08 Å². The summed E-state index contributed by atoms with van der Waals surface area (Å²) >= 11 is 0. The van der Waals surface area contributed by atoms with Gasteiger partial charge in [-0.25, -0.2) is 5.57 Å². The topological polar surface area (TPSA) is 0 Å². The maximum absolute atomic E-state index is 3.30. The van der Waals surface area contributed by atoms with Crippen molar-refractivity contribution in [1.29, 1.82) is 0 Å². The SMILES string of the molecule is CCCCC1=CC[C-]=C1C.[Hf].c1ccc(CCc2ccccc2)cc1.c1ccc(P(c2ccccc2)c2cc3ccccc3[cH-]2)cc1. The number of aryl methyl sites for hydroxylation is 2. The summed E-state index contributed by atoms with van der Waals surface area (Å²) in [6, 6.07) is 56.3. The first-order valence-electron chi connectivity index (χ1n) is 16.6. The minimum Gasteiger partial charge on any atom is -0.269 e. The second kappa shape index (κ2) is 20.0. The van der Waals surface area contributed by atoms with Gasteiger partial charge in [0.25, 0.3) is 0 Å². The van der Waals surface area contributed by atoms with Crippen molar-refractivity contribution in [3.63, 3.8) is 0 Å². The van der Waals surface area contributed by atoms with Crippen molar-refractivity contribution in [2.24, 2.45) is 0 Å². The van der Waals surface area contributed by atoms with Gasteiger partial charge in [0.1, 0.15) is 0 Å². The molecule has 0 heterocycles. The van der Waals surface area contributed by atoms with E-state index in [-0.39, 0.29) is 25.8 Å². The summed E-state index contributed by atoms with van der Waals surface area (Å²) in [5.74, 6) is 0. The first-order valence-corrected chi connectivity index (χ1v) is 18.0. The molecule has 7 rings (SSSR count). The van der Waals surface area contributed by atoms with Crippen molar-refractivity contribution in [3.8, 4) is 0 Å². The van der Waals surface area contributed by atoms with E-state index in [9.17, 15) is 0 Å². The second-order valence-electron chi connectivity index (χ2n) is 11.7. The van der Waals surface area contributed by atoms with Crippen LogP contribution in [0.15, 0.2) is 175 Å². The molecule has 0 N–H and O–H groups in total. The molecule has 1 aliphatic rings. The Labute approximate surface area is 303 Å². The predicted molar refractivity (Wildman–Crippen MR) is 203 cm³/mol. The molecule has 0 saturated carbocycles. The molecule has 0 spiro atoms. The summed E-state index contributed by atoms with van der Waals surface area (Å²) in [5.41, 5.74) is 5.74. The largest absolute Gasteiger partial charge is 0.269 e. The van der Waals surface area contributed by atoms with Gasteiger partial charge in [-0.3, -0.25) is 6.08 Å². The van der Waals surface area contributed by atoms with Gasteiger partial charge in [0, 0.05) is 25.8 Å². The van der Waals surface area contributed by atoms with Crippen molar-refractivity contribution in [2.75, 3.05) is 0 Å². The summed E-state index contributed by atoms with van der Waals surface area (Å²) in [4.78, 5) is 0. The smallest absolute Gasteiger partial charge is 0 e. The molecule has 2 heteroatoms. The zero-order valence-corrected chi connectivity index (χ0v) is 32.3. The zero-order valence-electron chi connectivity index (χ0n) is 27.8. The van der Waals surface area contributed by atoms with E-state index < -0.39 is 7.92 Å². The second-order valence-corrected chi connectivity index (χ2v) is 13.9. The molecule has 6 aromatic carbocycles. The van der Waals surface area contributed by atoms with Gasteiger partial charge >= 0.3 is 0 Å². The third kappa shape index (κ3) is 11.3. The fourth-order valence-corrected chi connectivity index (χ4v) is 8.06. The van der Waals surface area contributed by atoms with E-state index in [1.165, 1.54) is 68.2 Å². The van der Waals surface area contributed by atoms with Crippen molar-refractivity contribution in [3.05, 3.63) is 192 Å². The standard InChI is InChI=1S/C21H16P.C14H14.C10H15.Hf/c1-3-11-19(12-4-1)22(20-13-5-2-6-14-20)21-15-17-9-7-8-10-18(17)16-21;1-3-7-13(8-4-1)11-12-14-9-5-2-6-10-14;1-3-4-7-10-8-5-6-9(10)2;/h1-16H;1-10H,11-12H2;8H,3-5,7H2,1-2H3;/q-1;;-1;. The summed E-state index contributed by atoms with van der Waals surface area (Å²) in [6.07, 6.45) is 12.8. The maximum atomic E-state index is 3.30. The molecular formula is C45H45HfP-2. The fourth-order valence-electron chi connectivity index (χ4n) is 5.69. The Morgan fingerprint density at radius 2 is 1.11 bits per heavy atom. The van der Waals surface area contributed by atoms with E-state index in [0.717, 1.165) is 19.3 Å². The molecule has 236 valence electrons. The molecule has 47 heavy (non-hydrogen) atoms. The Kier molecular flexibility index (Phi) is 15.5. The molecule has 0 amide bonds. The number of fused-ring (bicyclic) bond motifs is 1. The molecule has 0 unspecified atom stereocenters. The Bertz CT molecular complexity index is 1670. The van der Waals surface area contributed by atoms with Gasteiger partial charge in [-0.2, -0.15) is 17.7 Å². The number of hydrogen-bond donors (Lipinski definition) is 0. The van der Waals surface area contributed by atoms with Crippen molar-refractivity contribution in [1.82, 2.24) is 0 Å². The third-order valence-corrected chi connectivity index (χ3v) is 10.7. The minimum absolute atomic E-state index is 0. The van der Waals surface area contributed by atoms with Gasteiger partial charge in [0.05, 0.1) is 0 Å². The summed E-state index contributed by atoms with van der Waals surface area (Å²) in [5, 5.41) is 6.89. The van der Waals surface area contributed by atoms with Crippen LogP contribution in [-0.4, -0.2) is 0 Å². The van der Waals surface area contributed by atoms with E-state index in [1.54, 1.807) is 0 Å². The molecule has 0 aromatic heterocycles. The van der Waals surface area contributed by atoms with Gasteiger partial charge in [-0.15, -0.1) is 46.8 Å². The quantitative estimate of drug-likeness (QED) is 0.0777. The average Bonchev–Trinajstić information content (AvgIpc) is 3.74. The van der Waals surface area contributed by atoms with E-state index >= 15 is 0 Å². The Balaban J connectivity index is 0.000000172. The van der Waals surface area contributed by atoms with Crippen LogP contribution < -0.4 is 15.9 Å². The number of unbranched alkanes of at least 4 members (excludes halogenated alkanes) is 1. The number of allylic oxidation sites excluding steroid dienone is 4. The van der Waals surface area contributed by atoms with Crippen molar-refractivity contribution < 1.29 is 25.8 Å². The normalized spacial score (nSPS) is 11.8. The van der Waals surface area contributed by atoms with E-state index in [4.69, 9.17) is 0 Å². The molecule has 0 radical (unpaired) electrons. The van der Waals surface area contributed by atoms with E-state index in [1.807, 2.05) is 0 Å². The van der Waals surface area contributed by atoms with Gasteiger partial charge in [0.2, 0.25) is 0 Å². The first kappa shape index (κ1) is 36.3. The molecule has 0 atom stereocenters. The van der Waals surface area contributed by atoms with Gasteiger partial charge < -0.3 is 0 Å². The summed E-state index contributed by atoms with van der Waals surface area (Å²) < 4.78 is 0. The average molecular weight is 795 g/mol. The number of rotatable bonds is 9. The third-order valence-electron chi connectivity index (χ3n) is 8.27. The molecule has 0 aliphatic heterocycles. The van der Waals surface area contributed by atoms with Crippen LogP contribution in [0.25, 0.3) is 10.8 Å². The van der Waals surface area contributed by atoms with E-state index in [0.29, 0.717) is 0 Å². The van der Waals surface area contributed by atoms with E-state index in [2.05, 4.69) is 184 Å².